The molecule has 0 aromatic heterocycles. The van der Waals surface area contributed by atoms with Crippen molar-refractivity contribution in [3.8, 4) is 0 Å². The first-order valence-electron chi connectivity index (χ1n) is 8.64. The maximum atomic E-state index is 11.6. The fourth-order valence-electron chi connectivity index (χ4n) is 2.28. The Bertz CT molecular complexity index is 421. The van der Waals surface area contributed by atoms with Crippen LogP contribution in [0.1, 0.15) is 60.8 Å². The first kappa shape index (κ1) is 20.5. The maximum absolute atomic E-state index is 11.6. The summed E-state index contributed by atoms with van der Waals surface area (Å²) in [5.74, 6) is 0. The van der Waals surface area contributed by atoms with E-state index in [9.17, 15) is 9.59 Å². The van der Waals surface area contributed by atoms with Crippen molar-refractivity contribution >= 4 is 12.2 Å². The monoisotopic (exact) mass is 343 g/mol. The molecule has 7 heteroatoms. The number of carbonyl (C=O) groups excluding carboxylic acids is 2. The third-order valence-corrected chi connectivity index (χ3v) is 3.31. The lowest BCUT2D eigenvalue weighted by Gasteiger charge is -2.36. The Hall–Kier alpha value is -1.50. The third kappa shape index (κ3) is 9.60. The molecular weight excluding hydrogens is 310 g/mol. The van der Waals surface area contributed by atoms with Crippen LogP contribution in [0.25, 0.3) is 0 Å². The van der Waals surface area contributed by atoms with E-state index in [0.29, 0.717) is 12.6 Å². The highest BCUT2D eigenvalue weighted by atomic mass is 16.6. The number of amides is 2. The minimum atomic E-state index is -0.468. The van der Waals surface area contributed by atoms with Crippen molar-refractivity contribution in [1.29, 1.82) is 0 Å². The molecule has 3 N–H and O–H groups in total. The Kier molecular flexibility index (Phi) is 7.32. The molecule has 1 rings (SSSR count). The minimum Gasteiger partial charge on any atom is -0.444 e. The van der Waals surface area contributed by atoms with Gasteiger partial charge in [0.05, 0.1) is 0 Å². The number of alkyl carbamates (subject to hydrolysis) is 2. The van der Waals surface area contributed by atoms with Crippen molar-refractivity contribution in [1.82, 2.24) is 16.0 Å². The number of rotatable bonds is 6. The number of hydrogen-bond donors (Lipinski definition) is 3. The molecule has 1 saturated carbocycles. The van der Waals surface area contributed by atoms with Crippen molar-refractivity contribution in [3.05, 3.63) is 0 Å². The van der Waals surface area contributed by atoms with E-state index in [-0.39, 0.29) is 18.2 Å². The van der Waals surface area contributed by atoms with E-state index in [1.165, 1.54) is 0 Å². The van der Waals surface area contributed by atoms with Gasteiger partial charge in [-0.3, -0.25) is 0 Å². The fraction of sp³-hybridized carbons (Fsp3) is 0.882. The summed E-state index contributed by atoms with van der Waals surface area (Å²) in [5.41, 5.74) is -0.933. The first-order valence-corrected chi connectivity index (χ1v) is 8.64. The van der Waals surface area contributed by atoms with E-state index < -0.39 is 11.2 Å². The summed E-state index contributed by atoms with van der Waals surface area (Å²) in [6.07, 6.45) is 1.90. The first-order chi connectivity index (χ1) is 10.9. The van der Waals surface area contributed by atoms with Crippen LogP contribution >= 0.6 is 0 Å². The molecule has 2 amide bonds. The van der Waals surface area contributed by atoms with Crippen molar-refractivity contribution in [2.75, 3.05) is 13.1 Å². The highest BCUT2D eigenvalue weighted by Crippen LogP contribution is 2.20. The molecule has 0 unspecified atom stereocenters. The number of hydrogen-bond acceptors (Lipinski definition) is 5. The Labute approximate surface area is 145 Å². The van der Waals surface area contributed by atoms with Gasteiger partial charge in [-0.05, 0) is 67.3 Å². The summed E-state index contributed by atoms with van der Waals surface area (Å²) in [4.78, 5) is 23.1. The van der Waals surface area contributed by atoms with Crippen LogP contribution in [0.15, 0.2) is 0 Å². The SMILES string of the molecule is CC(C)(C)OC(=O)NCCCNC1CC(NC(=O)OC(C)(C)C)C1. The molecule has 0 aliphatic heterocycles. The molecule has 7 nitrogen and oxygen atoms in total. The highest BCUT2D eigenvalue weighted by molar-refractivity contribution is 5.68. The van der Waals surface area contributed by atoms with Gasteiger partial charge in [-0.15, -0.1) is 0 Å². The van der Waals surface area contributed by atoms with Crippen LogP contribution < -0.4 is 16.0 Å². The summed E-state index contributed by atoms with van der Waals surface area (Å²) in [6, 6.07) is 0.587. The van der Waals surface area contributed by atoms with Crippen molar-refractivity contribution < 1.29 is 19.1 Å². The Morgan fingerprint density at radius 2 is 1.42 bits per heavy atom. The van der Waals surface area contributed by atoms with Crippen molar-refractivity contribution in [2.45, 2.75) is 84.1 Å². The average molecular weight is 343 g/mol. The van der Waals surface area contributed by atoms with E-state index in [1.807, 2.05) is 41.5 Å². The molecule has 0 aromatic rings. The van der Waals surface area contributed by atoms with Crippen molar-refractivity contribution in [3.63, 3.8) is 0 Å². The van der Waals surface area contributed by atoms with Gasteiger partial charge >= 0.3 is 12.2 Å². The van der Waals surface area contributed by atoms with Gasteiger partial charge in [0.2, 0.25) is 0 Å². The summed E-state index contributed by atoms with van der Waals surface area (Å²) in [5, 5.41) is 9.01. The molecule has 1 aliphatic carbocycles. The molecule has 0 atom stereocenters. The van der Waals surface area contributed by atoms with Crippen LogP contribution in [-0.4, -0.2) is 48.6 Å². The summed E-state index contributed by atoms with van der Waals surface area (Å²) < 4.78 is 10.4. The van der Waals surface area contributed by atoms with E-state index >= 15 is 0 Å². The molecule has 1 fully saturated rings. The highest BCUT2D eigenvalue weighted by Gasteiger charge is 2.31. The zero-order valence-corrected chi connectivity index (χ0v) is 15.8. The predicted octanol–water partition coefficient (Wildman–Crippen LogP) is 2.55. The molecule has 0 radical (unpaired) electrons. The molecule has 0 bridgehead atoms. The van der Waals surface area contributed by atoms with Crippen LogP contribution in [0, 0.1) is 0 Å². The molecule has 0 spiro atoms. The van der Waals surface area contributed by atoms with Gasteiger partial charge in [0.15, 0.2) is 0 Å². The summed E-state index contributed by atoms with van der Waals surface area (Å²) in [6.45, 7) is 12.5. The third-order valence-electron chi connectivity index (χ3n) is 3.31. The van der Waals surface area contributed by atoms with Gasteiger partial charge in [-0.25, -0.2) is 9.59 Å². The lowest BCUT2D eigenvalue weighted by Crippen LogP contribution is -2.53. The second kappa shape index (κ2) is 8.55. The lowest BCUT2D eigenvalue weighted by molar-refractivity contribution is 0.0464. The van der Waals surface area contributed by atoms with Gasteiger partial charge in [-0.1, -0.05) is 0 Å². The van der Waals surface area contributed by atoms with Crippen LogP contribution in [0.2, 0.25) is 0 Å². The van der Waals surface area contributed by atoms with Gasteiger partial charge < -0.3 is 25.4 Å². The number of ether oxygens (including phenoxy) is 2. The molecule has 24 heavy (non-hydrogen) atoms. The zero-order valence-electron chi connectivity index (χ0n) is 15.8. The van der Waals surface area contributed by atoms with Gasteiger partial charge in [0.1, 0.15) is 11.2 Å². The molecule has 0 heterocycles. The standard InChI is InChI=1S/C17H33N3O4/c1-16(2,3)23-14(21)19-9-7-8-18-12-10-13(11-12)20-15(22)24-17(4,5)6/h12-13,18H,7-11H2,1-6H3,(H,19,21)(H,20,22). The van der Waals surface area contributed by atoms with Crippen molar-refractivity contribution in [2.24, 2.45) is 0 Å². The second-order valence-corrected chi connectivity index (χ2v) is 8.25. The number of carbonyl (C=O) groups is 2. The van der Waals surface area contributed by atoms with E-state index in [1.54, 1.807) is 0 Å². The lowest BCUT2D eigenvalue weighted by atomic mass is 9.87. The van der Waals surface area contributed by atoms with Gasteiger partial charge in [0.25, 0.3) is 0 Å². The minimum absolute atomic E-state index is 0.178. The van der Waals surface area contributed by atoms with E-state index in [0.717, 1.165) is 25.8 Å². The van der Waals surface area contributed by atoms with Crippen LogP contribution in [0.5, 0.6) is 0 Å². The quantitative estimate of drug-likeness (QED) is 0.645. The smallest absolute Gasteiger partial charge is 0.407 e. The molecule has 1 aliphatic rings. The molecule has 0 aromatic carbocycles. The summed E-state index contributed by atoms with van der Waals surface area (Å²) >= 11 is 0. The molecular formula is C17H33N3O4. The van der Waals surface area contributed by atoms with E-state index in [2.05, 4.69) is 16.0 Å². The molecule has 0 saturated heterocycles. The Balaban J connectivity index is 2.00. The predicted molar refractivity (Wildman–Crippen MR) is 93.0 cm³/mol. The van der Waals surface area contributed by atoms with Crippen LogP contribution in [0.4, 0.5) is 9.59 Å². The maximum Gasteiger partial charge on any atom is 0.407 e. The zero-order chi connectivity index (χ0) is 18.4. The second-order valence-electron chi connectivity index (χ2n) is 8.25. The molecule has 140 valence electrons. The summed E-state index contributed by atoms with van der Waals surface area (Å²) in [7, 11) is 0. The van der Waals surface area contributed by atoms with E-state index in [4.69, 9.17) is 9.47 Å². The Morgan fingerprint density at radius 3 is 1.96 bits per heavy atom. The normalized spacial score (nSPS) is 20.8. The average Bonchev–Trinajstić information content (AvgIpc) is 2.30. The topological polar surface area (TPSA) is 88.7 Å². The van der Waals surface area contributed by atoms with Gasteiger partial charge in [0, 0.05) is 18.6 Å². The van der Waals surface area contributed by atoms with Crippen LogP contribution in [-0.2, 0) is 9.47 Å². The van der Waals surface area contributed by atoms with Crippen LogP contribution in [0.3, 0.4) is 0 Å². The number of nitrogens with one attached hydrogen (secondary N) is 3. The van der Waals surface area contributed by atoms with Gasteiger partial charge in [-0.2, -0.15) is 0 Å². The largest absolute Gasteiger partial charge is 0.444 e. The fourth-order valence-corrected chi connectivity index (χ4v) is 2.28. The Morgan fingerprint density at radius 1 is 0.875 bits per heavy atom.